The number of hydrogen-bond donors (Lipinski definition) is 0. The summed E-state index contributed by atoms with van der Waals surface area (Å²) in [6.07, 6.45) is 5.03. The van der Waals surface area contributed by atoms with Gasteiger partial charge in [0.1, 0.15) is 18.2 Å². The summed E-state index contributed by atoms with van der Waals surface area (Å²) in [4.78, 5) is 21.6. The van der Waals surface area contributed by atoms with Crippen LogP contribution in [0.25, 0.3) is 6.08 Å². The van der Waals surface area contributed by atoms with Crippen LogP contribution in [-0.4, -0.2) is 46.9 Å². The van der Waals surface area contributed by atoms with E-state index in [-0.39, 0.29) is 24.1 Å². The number of halogens is 3. The molecule has 0 bridgehead atoms. The molecular weight excluding hydrogens is 700 g/mol. The minimum atomic E-state index is -0.247. The summed E-state index contributed by atoms with van der Waals surface area (Å²) in [6, 6.07) is 30.2. The van der Waals surface area contributed by atoms with Crippen LogP contribution in [0.1, 0.15) is 38.9 Å². The van der Waals surface area contributed by atoms with E-state index in [2.05, 4.69) is 53.2 Å². The first kappa shape index (κ1) is 38.5. The van der Waals surface area contributed by atoms with E-state index in [4.69, 9.17) is 25.8 Å². The molecule has 1 aliphatic heterocycles. The van der Waals surface area contributed by atoms with Gasteiger partial charge in [-0.05, 0) is 83.6 Å². The summed E-state index contributed by atoms with van der Waals surface area (Å²) in [6.45, 7) is 9.10. The third kappa shape index (κ3) is 11.1. The number of pyridine rings is 1. The van der Waals surface area contributed by atoms with E-state index in [9.17, 15) is 9.18 Å². The third-order valence-electron chi connectivity index (χ3n) is 8.68. The quantitative estimate of drug-likeness (QED) is 0.112. The minimum Gasteiger partial charge on any atom is -0.487 e. The van der Waals surface area contributed by atoms with E-state index in [0.29, 0.717) is 55.3 Å². The highest BCUT2D eigenvalue weighted by molar-refractivity contribution is 6.32. The van der Waals surface area contributed by atoms with Gasteiger partial charge < -0.3 is 19.1 Å². The van der Waals surface area contributed by atoms with Crippen molar-refractivity contribution in [2.45, 2.75) is 40.2 Å². The first-order chi connectivity index (χ1) is 24.8. The lowest BCUT2D eigenvalue weighted by Crippen LogP contribution is -2.47. The van der Waals surface area contributed by atoms with Crippen molar-refractivity contribution < 1.29 is 23.4 Å². The fraction of sp³-hybridized carbons (Fsp3) is 0.238. The fourth-order valence-corrected chi connectivity index (χ4v) is 6.03. The van der Waals surface area contributed by atoms with Gasteiger partial charge in [0.2, 0.25) is 11.8 Å². The average Bonchev–Trinajstić information content (AvgIpc) is 3.14. The average molecular weight is 743 g/mol. The van der Waals surface area contributed by atoms with Crippen molar-refractivity contribution in [2.75, 3.05) is 26.2 Å². The lowest BCUT2D eigenvalue weighted by Gasteiger charge is -2.34. The summed E-state index contributed by atoms with van der Waals surface area (Å²) in [7, 11) is 0. The van der Waals surface area contributed by atoms with Gasteiger partial charge in [0.15, 0.2) is 5.75 Å². The number of benzene rings is 4. The molecule has 0 atom stereocenters. The minimum absolute atomic E-state index is 0. The summed E-state index contributed by atoms with van der Waals surface area (Å²) in [5.41, 5.74) is 7.18. The molecule has 0 saturated carbocycles. The van der Waals surface area contributed by atoms with Gasteiger partial charge in [0.25, 0.3) is 0 Å². The Balaban J connectivity index is 0.00000523. The Morgan fingerprint density at radius 2 is 1.42 bits per heavy atom. The van der Waals surface area contributed by atoms with Crippen molar-refractivity contribution in [1.29, 1.82) is 0 Å². The molecule has 7 nitrogen and oxygen atoms in total. The maximum atomic E-state index is 13.1. The Morgan fingerprint density at radius 1 is 0.808 bits per heavy atom. The third-order valence-corrected chi connectivity index (χ3v) is 8.96. The molecule has 1 amide bonds. The summed E-state index contributed by atoms with van der Waals surface area (Å²) in [5.74, 6) is 1.29. The molecule has 0 spiro atoms. The second-order valence-corrected chi connectivity index (χ2v) is 13.1. The number of piperazine rings is 1. The smallest absolute Gasteiger partial charge is 0.246 e. The zero-order valence-electron chi connectivity index (χ0n) is 29.3. The number of nitrogens with zero attached hydrogens (tertiary/aromatic N) is 3. The molecule has 1 fully saturated rings. The zero-order chi connectivity index (χ0) is 35.6. The van der Waals surface area contributed by atoms with Gasteiger partial charge in [-0.3, -0.25) is 9.69 Å². The van der Waals surface area contributed by atoms with Gasteiger partial charge in [-0.2, -0.15) is 0 Å². The number of aryl methyl sites for hydroxylation is 2. The second kappa shape index (κ2) is 18.7. The molecule has 0 radical (unpaired) electrons. The molecule has 1 aliphatic rings. The zero-order valence-corrected chi connectivity index (χ0v) is 30.8. The van der Waals surface area contributed by atoms with Gasteiger partial charge in [-0.25, -0.2) is 9.37 Å². The van der Waals surface area contributed by atoms with Crippen LogP contribution < -0.4 is 9.47 Å². The molecule has 1 saturated heterocycles. The molecule has 0 aliphatic carbocycles. The Bertz CT molecular complexity index is 1910. The number of hydrogen-bond acceptors (Lipinski definition) is 6. The van der Waals surface area contributed by atoms with E-state index in [1.165, 1.54) is 23.3 Å². The normalized spacial score (nSPS) is 13.2. The van der Waals surface area contributed by atoms with Crippen molar-refractivity contribution in [3.63, 3.8) is 0 Å². The highest BCUT2D eigenvalue weighted by Crippen LogP contribution is 2.34. The predicted molar refractivity (Wildman–Crippen MR) is 205 cm³/mol. The topological polar surface area (TPSA) is 64.1 Å². The highest BCUT2D eigenvalue weighted by Gasteiger charge is 2.20. The predicted octanol–water partition coefficient (Wildman–Crippen LogP) is 9.36. The number of rotatable bonds is 13. The number of carbonyl (C=O) groups excluding carboxylic acids is 1. The van der Waals surface area contributed by atoms with Gasteiger partial charge in [-0.1, -0.05) is 77.8 Å². The first-order valence-electron chi connectivity index (χ1n) is 17.0. The molecule has 6 rings (SSSR count). The van der Waals surface area contributed by atoms with E-state index in [0.717, 1.165) is 47.5 Å². The van der Waals surface area contributed by atoms with E-state index in [1.807, 2.05) is 36.1 Å². The maximum absolute atomic E-state index is 13.1. The van der Waals surface area contributed by atoms with Crippen LogP contribution in [-0.2, 0) is 35.9 Å². The van der Waals surface area contributed by atoms with E-state index < -0.39 is 0 Å². The lowest BCUT2D eigenvalue weighted by atomic mass is 10.1. The number of aromatic nitrogens is 1. The molecule has 270 valence electrons. The first-order valence-corrected chi connectivity index (χ1v) is 17.4. The maximum Gasteiger partial charge on any atom is 0.246 e. The van der Waals surface area contributed by atoms with E-state index >= 15 is 0 Å². The van der Waals surface area contributed by atoms with Crippen LogP contribution in [0.15, 0.2) is 109 Å². The van der Waals surface area contributed by atoms with Crippen LogP contribution >= 0.6 is 24.0 Å². The summed E-state index contributed by atoms with van der Waals surface area (Å²) in [5, 5.41) is 0.433. The van der Waals surface area contributed by atoms with Gasteiger partial charge in [0, 0.05) is 44.9 Å². The monoisotopic (exact) mass is 741 g/mol. The number of amides is 1. The molecule has 4 aromatic carbocycles. The molecular formula is C42H42Cl2FN3O4. The fourth-order valence-electron chi connectivity index (χ4n) is 5.72. The van der Waals surface area contributed by atoms with Gasteiger partial charge >= 0.3 is 0 Å². The second-order valence-electron chi connectivity index (χ2n) is 12.7. The number of ether oxygens (including phenoxy) is 3. The Morgan fingerprint density at radius 3 is 2.06 bits per heavy atom. The largest absolute Gasteiger partial charge is 0.487 e. The van der Waals surface area contributed by atoms with Crippen LogP contribution in [0.2, 0.25) is 5.02 Å². The van der Waals surface area contributed by atoms with Crippen LogP contribution in [0.4, 0.5) is 4.39 Å². The lowest BCUT2D eigenvalue weighted by molar-refractivity contribution is -0.127. The summed E-state index contributed by atoms with van der Waals surface area (Å²) >= 11 is 6.62. The van der Waals surface area contributed by atoms with Crippen molar-refractivity contribution in [3.05, 3.63) is 159 Å². The van der Waals surface area contributed by atoms with Crippen LogP contribution in [0.3, 0.4) is 0 Å². The Kier molecular flexibility index (Phi) is 13.8. The van der Waals surface area contributed by atoms with Crippen molar-refractivity contribution in [2.24, 2.45) is 0 Å². The molecule has 0 unspecified atom stereocenters. The molecule has 10 heteroatoms. The number of carbonyl (C=O) groups is 1. The van der Waals surface area contributed by atoms with Crippen LogP contribution in [0.5, 0.6) is 17.4 Å². The molecule has 52 heavy (non-hydrogen) atoms. The van der Waals surface area contributed by atoms with Crippen molar-refractivity contribution in [3.8, 4) is 17.4 Å². The molecule has 0 N–H and O–H groups in total. The SMILES string of the molecule is Cc1ccc(COc2ccc(Oc3c(C)cc(/C=C/C(=O)N4CCN(Cc5ccc(COCc6ccc(F)cc6)cc5)CC4)cc3Cl)nc2)cc1.Cl. The molecule has 5 aromatic rings. The van der Waals surface area contributed by atoms with E-state index in [1.54, 1.807) is 42.6 Å². The molecule has 1 aromatic heterocycles. The van der Waals surface area contributed by atoms with Crippen molar-refractivity contribution >= 4 is 36.0 Å². The Labute approximate surface area is 316 Å². The Hall–Kier alpha value is -4.73. The summed E-state index contributed by atoms with van der Waals surface area (Å²) < 4.78 is 30.7. The molecule has 2 heterocycles. The van der Waals surface area contributed by atoms with Crippen molar-refractivity contribution in [1.82, 2.24) is 14.8 Å². The van der Waals surface area contributed by atoms with Gasteiger partial charge in [0.05, 0.1) is 24.4 Å². The van der Waals surface area contributed by atoms with Crippen LogP contribution in [0, 0.1) is 19.7 Å². The standard InChI is InChI=1S/C42H41ClFN3O4.ClH/c1-30-3-5-35(6-4-30)29-50-38-16-17-40(45-25-38)51-42-31(2)23-36(24-39(42)43)13-18-41(48)47-21-19-46(20-22-47)26-32-7-9-33(10-8-32)27-49-28-34-11-14-37(44)15-12-34;/h3-18,23-25H,19-22,26-29H2,1-2H3;1H/b18-13+;. The van der Waals surface area contributed by atoms with Gasteiger partial charge in [-0.15, -0.1) is 12.4 Å². The highest BCUT2D eigenvalue weighted by atomic mass is 35.5.